The van der Waals surface area contributed by atoms with E-state index in [1.807, 2.05) is 36.6 Å². The number of hydrogen-bond acceptors (Lipinski definition) is 5. The number of amides is 1. The lowest BCUT2D eigenvalue weighted by Crippen LogP contribution is -2.23. The smallest absolute Gasteiger partial charge is 0.260 e. The summed E-state index contributed by atoms with van der Waals surface area (Å²) in [4.78, 5) is 32.0. The summed E-state index contributed by atoms with van der Waals surface area (Å²) in [5, 5.41) is 5.36. The summed E-state index contributed by atoms with van der Waals surface area (Å²) in [6.45, 7) is 3.76. The molecule has 1 aromatic carbocycles. The number of aryl methyl sites for hydroxylation is 1. The number of benzene rings is 1. The fourth-order valence-corrected chi connectivity index (χ4v) is 3.71. The van der Waals surface area contributed by atoms with Crippen molar-refractivity contribution in [3.8, 4) is 0 Å². The first-order valence-corrected chi connectivity index (χ1v) is 8.80. The summed E-state index contributed by atoms with van der Waals surface area (Å²) in [6.07, 6.45) is 0. The van der Waals surface area contributed by atoms with Gasteiger partial charge < -0.3 is 10.3 Å². The van der Waals surface area contributed by atoms with Crippen molar-refractivity contribution < 1.29 is 4.79 Å². The zero-order valence-corrected chi connectivity index (χ0v) is 14.3. The van der Waals surface area contributed by atoms with Crippen LogP contribution in [0, 0.1) is 6.92 Å². The Morgan fingerprint density at radius 1 is 1.39 bits per heavy atom. The molecule has 23 heavy (non-hydrogen) atoms. The first-order valence-electron chi connectivity index (χ1n) is 7.04. The Hall–Kier alpha value is -2.12. The maximum absolute atomic E-state index is 12.3. The predicted octanol–water partition coefficient (Wildman–Crippen LogP) is 3.41. The second-order valence-corrected chi connectivity index (χ2v) is 7.35. The van der Waals surface area contributed by atoms with Gasteiger partial charge >= 0.3 is 0 Å². The molecule has 0 bridgehead atoms. The van der Waals surface area contributed by atoms with Gasteiger partial charge in [0.1, 0.15) is 4.83 Å². The molecular formula is C16H15N3O2S2. The summed E-state index contributed by atoms with van der Waals surface area (Å²) in [6, 6.07) is 9.37. The normalized spacial score (nSPS) is 12.3. The third-order valence-corrected chi connectivity index (χ3v) is 5.05. The largest absolute Gasteiger partial charge is 0.325 e. The van der Waals surface area contributed by atoms with Gasteiger partial charge in [0.05, 0.1) is 10.6 Å². The van der Waals surface area contributed by atoms with Gasteiger partial charge in [-0.3, -0.25) is 9.59 Å². The lowest BCUT2D eigenvalue weighted by Gasteiger charge is -2.11. The second kappa shape index (κ2) is 6.55. The molecule has 7 heteroatoms. The molecule has 0 saturated carbocycles. The van der Waals surface area contributed by atoms with Crippen molar-refractivity contribution >= 4 is 44.9 Å². The number of nitrogens with zero attached hydrogens (tertiary/aromatic N) is 1. The number of aromatic amines is 1. The number of thioether (sulfide) groups is 1. The van der Waals surface area contributed by atoms with Gasteiger partial charge in [-0.2, -0.15) is 0 Å². The molecule has 5 nitrogen and oxygen atoms in total. The Bertz CT molecular complexity index is 917. The average molecular weight is 345 g/mol. The van der Waals surface area contributed by atoms with Crippen molar-refractivity contribution in [1.29, 1.82) is 0 Å². The molecule has 0 aliphatic carbocycles. The standard InChI is InChI=1S/C16H15N3O2S2/c1-9-4-3-5-11(8-9)17-13(20)10(2)23-16-18-14(21)12-6-7-22-15(12)19-16/h3-8,10H,1-2H3,(H,17,20)(H,18,19,21). The van der Waals surface area contributed by atoms with E-state index in [-0.39, 0.29) is 16.7 Å². The molecule has 0 saturated heterocycles. The van der Waals surface area contributed by atoms with E-state index in [9.17, 15) is 9.59 Å². The molecule has 3 aromatic rings. The molecule has 2 aromatic heterocycles. The minimum Gasteiger partial charge on any atom is -0.325 e. The maximum atomic E-state index is 12.3. The Morgan fingerprint density at radius 2 is 2.22 bits per heavy atom. The summed E-state index contributed by atoms with van der Waals surface area (Å²) < 4.78 is 0. The number of thiophene rings is 1. The summed E-state index contributed by atoms with van der Waals surface area (Å²) >= 11 is 2.65. The lowest BCUT2D eigenvalue weighted by atomic mass is 10.2. The Morgan fingerprint density at radius 3 is 3.00 bits per heavy atom. The number of carbonyl (C=O) groups is 1. The molecule has 0 spiro atoms. The molecule has 0 fully saturated rings. The third kappa shape index (κ3) is 3.62. The van der Waals surface area contributed by atoms with Gasteiger partial charge in [-0.1, -0.05) is 23.9 Å². The molecule has 1 unspecified atom stereocenters. The summed E-state index contributed by atoms with van der Waals surface area (Å²) in [7, 11) is 0. The number of rotatable bonds is 4. The summed E-state index contributed by atoms with van der Waals surface area (Å²) in [5.41, 5.74) is 1.67. The van der Waals surface area contributed by atoms with Gasteiger partial charge in [-0.25, -0.2) is 4.98 Å². The van der Waals surface area contributed by atoms with Crippen LogP contribution in [0.25, 0.3) is 10.2 Å². The molecule has 0 radical (unpaired) electrons. The SMILES string of the molecule is Cc1cccc(NC(=O)C(C)Sc2nc3sccc3c(=O)[nH]2)c1. The van der Waals surface area contributed by atoms with Crippen LogP contribution in [0.2, 0.25) is 0 Å². The highest BCUT2D eigenvalue weighted by Crippen LogP contribution is 2.23. The van der Waals surface area contributed by atoms with Crippen molar-refractivity contribution in [3.63, 3.8) is 0 Å². The lowest BCUT2D eigenvalue weighted by molar-refractivity contribution is -0.115. The Labute approximate surface area is 141 Å². The minimum atomic E-state index is -0.379. The van der Waals surface area contributed by atoms with Gasteiger partial charge in [-0.05, 0) is 43.0 Å². The minimum absolute atomic E-state index is 0.130. The van der Waals surface area contributed by atoms with Crippen LogP contribution in [-0.4, -0.2) is 21.1 Å². The fraction of sp³-hybridized carbons (Fsp3) is 0.188. The number of hydrogen-bond donors (Lipinski definition) is 2. The molecule has 1 amide bonds. The van der Waals surface area contributed by atoms with Crippen LogP contribution >= 0.6 is 23.1 Å². The number of anilines is 1. The van der Waals surface area contributed by atoms with E-state index < -0.39 is 0 Å². The Kier molecular flexibility index (Phi) is 4.49. The van der Waals surface area contributed by atoms with E-state index >= 15 is 0 Å². The van der Waals surface area contributed by atoms with Gasteiger partial charge in [-0.15, -0.1) is 11.3 Å². The van der Waals surface area contributed by atoms with Crippen LogP contribution in [0.3, 0.4) is 0 Å². The highest BCUT2D eigenvalue weighted by Gasteiger charge is 2.17. The predicted molar refractivity (Wildman–Crippen MR) is 95.4 cm³/mol. The van der Waals surface area contributed by atoms with Crippen molar-refractivity contribution in [2.45, 2.75) is 24.3 Å². The quantitative estimate of drug-likeness (QED) is 0.561. The zero-order valence-electron chi connectivity index (χ0n) is 12.6. The van der Waals surface area contributed by atoms with Gasteiger partial charge in [0, 0.05) is 5.69 Å². The molecule has 2 N–H and O–H groups in total. The number of fused-ring (bicyclic) bond motifs is 1. The highest BCUT2D eigenvalue weighted by atomic mass is 32.2. The number of nitrogens with one attached hydrogen (secondary N) is 2. The number of aromatic nitrogens is 2. The zero-order chi connectivity index (χ0) is 16.4. The first kappa shape index (κ1) is 15.8. The van der Waals surface area contributed by atoms with Crippen molar-refractivity contribution in [3.05, 3.63) is 51.6 Å². The number of carbonyl (C=O) groups excluding carboxylic acids is 1. The van der Waals surface area contributed by atoms with Crippen LogP contribution in [-0.2, 0) is 4.79 Å². The molecular weight excluding hydrogens is 330 g/mol. The monoisotopic (exact) mass is 345 g/mol. The topological polar surface area (TPSA) is 74.8 Å². The molecule has 0 aliphatic rings. The van der Waals surface area contributed by atoms with Gasteiger partial charge in [0.2, 0.25) is 5.91 Å². The van der Waals surface area contributed by atoms with E-state index in [4.69, 9.17) is 0 Å². The fourth-order valence-electron chi connectivity index (χ4n) is 2.09. The van der Waals surface area contributed by atoms with Crippen molar-refractivity contribution in [1.82, 2.24) is 9.97 Å². The first-order chi connectivity index (χ1) is 11.0. The van der Waals surface area contributed by atoms with E-state index in [0.717, 1.165) is 11.3 Å². The molecule has 0 aliphatic heterocycles. The molecule has 118 valence electrons. The van der Waals surface area contributed by atoms with Crippen LogP contribution < -0.4 is 10.9 Å². The van der Waals surface area contributed by atoms with E-state index in [1.165, 1.54) is 23.1 Å². The van der Waals surface area contributed by atoms with Crippen LogP contribution in [0.4, 0.5) is 5.69 Å². The van der Waals surface area contributed by atoms with E-state index in [2.05, 4.69) is 15.3 Å². The molecule has 2 heterocycles. The van der Waals surface area contributed by atoms with E-state index in [0.29, 0.717) is 15.4 Å². The molecule has 3 rings (SSSR count). The highest BCUT2D eigenvalue weighted by molar-refractivity contribution is 8.00. The Balaban J connectivity index is 1.73. The molecule has 1 atom stereocenters. The van der Waals surface area contributed by atoms with Crippen molar-refractivity contribution in [2.75, 3.05) is 5.32 Å². The van der Waals surface area contributed by atoms with E-state index in [1.54, 1.807) is 13.0 Å². The van der Waals surface area contributed by atoms with Gasteiger partial charge in [0.15, 0.2) is 5.16 Å². The second-order valence-electron chi connectivity index (χ2n) is 5.13. The van der Waals surface area contributed by atoms with Crippen molar-refractivity contribution in [2.24, 2.45) is 0 Å². The van der Waals surface area contributed by atoms with Crippen LogP contribution in [0.1, 0.15) is 12.5 Å². The van der Waals surface area contributed by atoms with Gasteiger partial charge in [0.25, 0.3) is 5.56 Å². The summed E-state index contributed by atoms with van der Waals surface area (Å²) in [5.74, 6) is -0.130. The van der Waals surface area contributed by atoms with Crippen LogP contribution in [0.15, 0.2) is 45.7 Å². The van der Waals surface area contributed by atoms with Crippen LogP contribution in [0.5, 0.6) is 0 Å². The number of H-pyrrole nitrogens is 1. The third-order valence-electron chi connectivity index (χ3n) is 3.26. The average Bonchev–Trinajstić information content (AvgIpc) is 2.96. The maximum Gasteiger partial charge on any atom is 0.260 e.